The van der Waals surface area contributed by atoms with Gasteiger partial charge >= 0.3 is 6.03 Å². The number of aryl methyl sites for hydroxylation is 1. The van der Waals surface area contributed by atoms with Gasteiger partial charge in [0.05, 0.1) is 13.2 Å². The topological polar surface area (TPSA) is 79.5 Å². The highest BCUT2D eigenvalue weighted by Gasteiger charge is 2.07. The molecule has 0 spiro atoms. The van der Waals surface area contributed by atoms with Crippen LogP contribution in [-0.2, 0) is 22.7 Å². The van der Waals surface area contributed by atoms with Gasteiger partial charge in [0.25, 0.3) is 0 Å². The maximum Gasteiger partial charge on any atom is 0.315 e. The number of carbonyl (C=O) groups is 2. The molecule has 0 unspecified atom stereocenters. The molecule has 0 radical (unpaired) electrons. The Hall–Kier alpha value is -2.38. The Kier molecular flexibility index (Phi) is 7.62. The molecule has 0 bridgehead atoms. The van der Waals surface area contributed by atoms with Crippen LogP contribution in [0.5, 0.6) is 0 Å². The Labute approximate surface area is 161 Å². The van der Waals surface area contributed by atoms with E-state index in [9.17, 15) is 9.59 Å². The second kappa shape index (κ2) is 9.94. The van der Waals surface area contributed by atoms with Gasteiger partial charge < -0.3 is 20.7 Å². The largest absolute Gasteiger partial charge is 0.380 e. The molecular formula is C19H22BrN3O3. The summed E-state index contributed by atoms with van der Waals surface area (Å²) in [5.74, 6) is -0.285. The second-order valence-electron chi connectivity index (χ2n) is 5.80. The van der Waals surface area contributed by atoms with Crippen LogP contribution in [0.4, 0.5) is 10.5 Å². The summed E-state index contributed by atoms with van der Waals surface area (Å²) in [4.78, 5) is 23.8. The number of anilines is 1. The van der Waals surface area contributed by atoms with E-state index >= 15 is 0 Å². The molecule has 7 heteroatoms. The van der Waals surface area contributed by atoms with E-state index in [0.717, 1.165) is 26.9 Å². The third-order valence-corrected chi connectivity index (χ3v) is 4.12. The molecule has 2 rings (SSSR count). The van der Waals surface area contributed by atoms with Gasteiger partial charge in [0.2, 0.25) is 5.91 Å². The van der Waals surface area contributed by atoms with Gasteiger partial charge in [0.15, 0.2) is 0 Å². The van der Waals surface area contributed by atoms with Gasteiger partial charge in [-0.15, -0.1) is 0 Å². The molecule has 2 aromatic rings. The van der Waals surface area contributed by atoms with E-state index < -0.39 is 6.03 Å². The molecule has 6 nitrogen and oxygen atoms in total. The van der Waals surface area contributed by atoms with Crippen molar-refractivity contribution in [1.82, 2.24) is 10.6 Å². The summed E-state index contributed by atoms with van der Waals surface area (Å²) in [6.45, 7) is 2.69. The number of carbonyl (C=O) groups excluding carboxylic acids is 2. The van der Waals surface area contributed by atoms with Crippen molar-refractivity contribution in [3.63, 3.8) is 0 Å². The SMILES string of the molecule is COCc1cccc(CNC(=O)NCC(=O)Nc2ccc(Br)cc2C)c1. The third-order valence-electron chi connectivity index (χ3n) is 3.63. The standard InChI is InChI=1S/C19H22BrN3O3/c1-13-8-16(20)6-7-17(13)23-18(24)11-22-19(25)21-10-14-4-3-5-15(9-14)12-26-2/h3-9H,10-12H2,1-2H3,(H,23,24)(H2,21,22,25). The van der Waals surface area contributed by atoms with Crippen LogP contribution in [0.15, 0.2) is 46.9 Å². The van der Waals surface area contributed by atoms with Crippen molar-refractivity contribution in [2.24, 2.45) is 0 Å². The number of hydrogen-bond acceptors (Lipinski definition) is 3. The molecule has 3 amide bonds. The van der Waals surface area contributed by atoms with Crippen molar-refractivity contribution >= 4 is 33.6 Å². The molecule has 0 fully saturated rings. The summed E-state index contributed by atoms with van der Waals surface area (Å²) < 4.78 is 6.03. The first-order chi connectivity index (χ1) is 12.5. The van der Waals surface area contributed by atoms with Crippen LogP contribution in [0.1, 0.15) is 16.7 Å². The molecule has 26 heavy (non-hydrogen) atoms. The van der Waals surface area contributed by atoms with Crippen LogP contribution >= 0.6 is 15.9 Å². The second-order valence-corrected chi connectivity index (χ2v) is 6.71. The maximum atomic E-state index is 12.0. The van der Waals surface area contributed by atoms with Gasteiger partial charge in [-0.3, -0.25) is 4.79 Å². The van der Waals surface area contributed by atoms with Crippen LogP contribution in [0.2, 0.25) is 0 Å². The number of methoxy groups -OCH3 is 1. The number of ether oxygens (including phenoxy) is 1. The molecule has 3 N–H and O–H groups in total. The quantitative estimate of drug-likeness (QED) is 0.643. The van der Waals surface area contributed by atoms with E-state index in [1.807, 2.05) is 49.4 Å². The molecule has 138 valence electrons. The molecule has 0 heterocycles. The summed E-state index contributed by atoms with van der Waals surface area (Å²) in [5.41, 5.74) is 3.66. The van der Waals surface area contributed by atoms with Crippen LogP contribution in [0.3, 0.4) is 0 Å². The molecule has 2 aromatic carbocycles. The number of amides is 3. The van der Waals surface area contributed by atoms with Crippen molar-refractivity contribution in [1.29, 1.82) is 0 Å². The first-order valence-corrected chi connectivity index (χ1v) is 8.91. The van der Waals surface area contributed by atoms with Crippen molar-refractivity contribution in [2.45, 2.75) is 20.1 Å². The Morgan fingerprint density at radius 1 is 1.08 bits per heavy atom. The van der Waals surface area contributed by atoms with Crippen molar-refractivity contribution in [2.75, 3.05) is 19.0 Å². The van der Waals surface area contributed by atoms with Crippen LogP contribution in [0, 0.1) is 6.92 Å². The van der Waals surface area contributed by atoms with Gasteiger partial charge in [-0.05, 0) is 41.8 Å². The first kappa shape index (κ1) is 19.9. The third kappa shape index (κ3) is 6.50. The van der Waals surface area contributed by atoms with Gasteiger partial charge in [-0.2, -0.15) is 0 Å². The zero-order valence-corrected chi connectivity index (χ0v) is 16.4. The number of nitrogens with one attached hydrogen (secondary N) is 3. The van der Waals surface area contributed by atoms with Crippen LogP contribution in [-0.4, -0.2) is 25.6 Å². The summed E-state index contributed by atoms with van der Waals surface area (Å²) >= 11 is 3.38. The van der Waals surface area contributed by atoms with Gasteiger partial charge in [0.1, 0.15) is 0 Å². The van der Waals surface area contributed by atoms with E-state index in [-0.39, 0.29) is 12.5 Å². The summed E-state index contributed by atoms with van der Waals surface area (Å²) in [6.07, 6.45) is 0. The first-order valence-electron chi connectivity index (χ1n) is 8.12. The summed E-state index contributed by atoms with van der Waals surface area (Å²) in [7, 11) is 1.64. The van der Waals surface area contributed by atoms with Crippen molar-refractivity contribution in [3.05, 3.63) is 63.6 Å². The van der Waals surface area contributed by atoms with Crippen LogP contribution in [0.25, 0.3) is 0 Å². The lowest BCUT2D eigenvalue weighted by Gasteiger charge is -2.11. The smallest absolute Gasteiger partial charge is 0.315 e. The number of hydrogen-bond donors (Lipinski definition) is 3. The highest BCUT2D eigenvalue weighted by molar-refractivity contribution is 9.10. The molecule has 0 aliphatic heterocycles. The van der Waals surface area contributed by atoms with E-state index in [1.54, 1.807) is 7.11 Å². The molecule has 0 saturated heterocycles. The van der Waals surface area contributed by atoms with Gasteiger partial charge in [0, 0.05) is 23.8 Å². The van der Waals surface area contributed by atoms with Crippen LogP contribution < -0.4 is 16.0 Å². The van der Waals surface area contributed by atoms with Gasteiger partial charge in [-0.25, -0.2) is 4.79 Å². The molecule has 0 aliphatic rings. The lowest BCUT2D eigenvalue weighted by molar-refractivity contribution is -0.115. The number of urea groups is 1. The van der Waals surface area contributed by atoms with Crippen molar-refractivity contribution < 1.29 is 14.3 Å². The highest BCUT2D eigenvalue weighted by Crippen LogP contribution is 2.19. The minimum atomic E-state index is -0.398. The Morgan fingerprint density at radius 2 is 1.85 bits per heavy atom. The van der Waals surface area contributed by atoms with Crippen molar-refractivity contribution in [3.8, 4) is 0 Å². The maximum absolute atomic E-state index is 12.0. The molecular weight excluding hydrogens is 398 g/mol. The minimum absolute atomic E-state index is 0.106. The number of rotatable bonds is 7. The molecule has 0 saturated carbocycles. The predicted molar refractivity (Wildman–Crippen MR) is 105 cm³/mol. The molecule has 0 atom stereocenters. The summed E-state index contributed by atoms with van der Waals surface area (Å²) in [5, 5.41) is 8.05. The van der Waals surface area contributed by atoms with E-state index in [4.69, 9.17) is 4.74 Å². The minimum Gasteiger partial charge on any atom is -0.380 e. The fraction of sp³-hybridized carbons (Fsp3) is 0.263. The zero-order valence-electron chi connectivity index (χ0n) is 14.8. The predicted octanol–water partition coefficient (Wildman–Crippen LogP) is 3.34. The Morgan fingerprint density at radius 3 is 2.58 bits per heavy atom. The summed E-state index contributed by atoms with van der Waals surface area (Å²) in [6, 6.07) is 12.9. The zero-order chi connectivity index (χ0) is 18.9. The lowest BCUT2D eigenvalue weighted by atomic mass is 10.1. The van der Waals surface area contributed by atoms with E-state index in [2.05, 4.69) is 31.9 Å². The molecule has 0 aliphatic carbocycles. The highest BCUT2D eigenvalue weighted by atomic mass is 79.9. The van der Waals surface area contributed by atoms with E-state index in [1.165, 1.54) is 0 Å². The Bertz CT molecular complexity index is 780. The number of halogens is 1. The Balaban J connectivity index is 1.76. The average molecular weight is 420 g/mol. The normalized spacial score (nSPS) is 10.3. The lowest BCUT2D eigenvalue weighted by Crippen LogP contribution is -2.39. The molecule has 0 aromatic heterocycles. The van der Waals surface area contributed by atoms with E-state index in [0.29, 0.717) is 13.2 Å². The average Bonchev–Trinajstić information content (AvgIpc) is 2.61. The fourth-order valence-corrected chi connectivity index (χ4v) is 2.84. The number of benzene rings is 2. The van der Waals surface area contributed by atoms with Gasteiger partial charge in [-0.1, -0.05) is 40.2 Å². The monoisotopic (exact) mass is 419 g/mol. The fourth-order valence-electron chi connectivity index (χ4n) is 2.36.